The number of rotatable bonds is 19. The average Bonchev–Trinajstić information content (AvgIpc) is 2.75. The van der Waals surface area contributed by atoms with E-state index in [9.17, 15) is 67.0 Å². The number of carbonyl (C=O) groups is 1. The molecule has 0 bridgehead atoms. The number of alkyl halides is 13. The molecule has 0 spiro atoms. The number of halogens is 13. The van der Waals surface area contributed by atoms with Crippen molar-refractivity contribution in [3.8, 4) is 0 Å². The van der Waals surface area contributed by atoms with E-state index in [0.29, 0.717) is 12.8 Å². The van der Waals surface area contributed by atoms with Crippen LogP contribution in [0.3, 0.4) is 0 Å². The van der Waals surface area contributed by atoms with Gasteiger partial charge in [0, 0.05) is 6.42 Å². The van der Waals surface area contributed by atoms with Gasteiger partial charge in [0.15, 0.2) is 0 Å². The van der Waals surface area contributed by atoms with Gasteiger partial charge in [0.05, 0.1) is 12.0 Å². The summed E-state index contributed by atoms with van der Waals surface area (Å²) in [5, 5.41) is 18.8. The molecule has 0 aromatic carbocycles. The molecule has 0 saturated heterocycles. The van der Waals surface area contributed by atoms with E-state index in [1.165, 1.54) is 0 Å². The van der Waals surface area contributed by atoms with Crippen LogP contribution < -0.4 is 0 Å². The van der Waals surface area contributed by atoms with Gasteiger partial charge in [0.2, 0.25) is 0 Å². The fourth-order valence-electron chi connectivity index (χ4n) is 3.67. The van der Waals surface area contributed by atoms with E-state index in [1.54, 1.807) is 0 Å². The predicted octanol–water partition coefficient (Wildman–Crippen LogP) is 8.49. The number of aliphatic hydroxyl groups excluding tert-OH is 1. The van der Waals surface area contributed by atoms with Crippen molar-refractivity contribution in [1.29, 1.82) is 0 Å². The summed E-state index contributed by atoms with van der Waals surface area (Å²) in [6, 6.07) is 0. The third-order valence-electron chi connectivity index (χ3n) is 6.11. The SMILES string of the molecule is CCCCCCCCCCCCC(C(=O)O)C(O)CC(F)(F)C(F)(F)C(F)(F)C(F)(F)C(F)(F)C(F)(F)F. The maximum atomic E-state index is 14.0. The first-order chi connectivity index (χ1) is 17.0. The van der Waals surface area contributed by atoms with Crippen LogP contribution >= 0.6 is 0 Å². The first-order valence-corrected chi connectivity index (χ1v) is 11.9. The standard InChI is InChI=1S/C22H31F13O3/c1-2-3-4-5-6-7-8-9-10-11-12-14(16(37)38)15(36)13-17(23,24)18(25,26)19(27,28)20(29,30)21(31,32)22(33,34)35/h14-15,36H,2-13H2,1H3,(H,37,38). The molecule has 2 N–H and O–H groups in total. The second-order valence-electron chi connectivity index (χ2n) is 9.19. The summed E-state index contributed by atoms with van der Waals surface area (Å²) < 4.78 is 172. The van der Waals surface area contributed by atoms with Crippen molar-refractivity contribution in [3.63, 3.8) is 0 Å². The van der Waals surface area contributed by atoms with Crippen LogP contribution in [0.1, 0.15) is 84.0 Å². The molecular formula is C22H31F13O3. The van der Waals surface area contributed by atoms with Gasteiger partial charge in [-0.3, -0.25) is 4.79 Å². The zero-order valence-corrected chi connectivity index (χ0v) is 20.4. The molecule has 0 aliphatic heterocycles. The highest BCUT2D eigenvalue weighted by molar-refractivity contribution is 5.70. The molecule has 2 unspecified atom stereocenters. The van der Waals surface area contributed by atoms with E-state index in [4.69, 9.17) is 5.11 Å². The first kappa shape index (κ1) is 36.5. The van der Waals surface area contributed by atoms with Gasteiger partial charge in [-0.05, 0) is 6.42 Å². The van der Waals surface area contributed by atoms with Crippen molar-refractivity contribution in [3.05, 3.63) is 0 Å². The van der Waals surface area contributed by atoms with E-state index in [1.807, 2.05) is 6.92 Å². The maximum absolute atomic E-state index is 14.0. The zero-order valence-electron chi connectivity index (χ0n) is 20.4. The Labute approximate surface area is 210 Å². The van der Waals surface area contributed by atoms with Crippen LogP contribution in [0.25, 0.3) is 0 Å². The Morgan fingerprint density at radius 2 is 0.974 bits per heavy atom. The summed E-state index contributed by atoms with van der Waals surface area (Å²) in [6.07, 6.45) is -6.56. The van der Waals surface area contributed by atoms with Crippen molar-refractivity contribution in [2.75, 3.05) is 0 Å². The minimum absolute atomic E-state index is 0.0438. The quantitative estimate of drug-likeness (QED) is 0.117. The first-order valence-electron chi connectivity index (χ1n) is 11.9. The molecule has 0 heterocycles. The van der Waals surface area contributed by atoms with Gasteiger partial charge in [-0.15, -0.1) is 0 Å². The lowest BCUT2D eigenvalue weighted by atomic mass is 9.87. The average molecular weight is 590 g/mol. The van der Waals surface area contributed by atoms with E-state index in [-0.39, 0.29) is 6.42 Å². The van der Waals surface area contributed by atoms with Crippen LogP contribution in [0.4, 0.5) is 57.1 Å². The van der Waals surface area contributed by atoms with E-state index in [2.05, 4.69) is 0 Å². The van der Waals surface area contributed by atoms with Gasteiger partial charge < -0.3 is 10.2 Å². The molecule has 0 radical (unpaired) electrons. The molecule has 0 amide bonds. The molecule has 0 aliphatic rings. The molecule has 38 heavy (non-hydrogen) atoms. The molecule has 0 aromatic heterocycles. The van der Waals surface area contributed by atoms with Crippen molar-refractivity contribution in [2.45, 2.75) is 126 Å². The zero-order chi connectivity index (χ0) is 30.2. The van der Waals surface area contributed by atoms with Crippen LogP contribution in [-0.2, 0) is 4.79 Å². The van der Waals surface area contributed by atoms with Gasteiger partial charge >= 0.3 is 41.8 Å². The lowest BCUT2D eigenvalue weighted by Gasteiger charge is -2.40. The van der Waals surface area contributed by atoms with Gasteiger partial charge in [-0.2, -0.15) is 57.1 Å². The van der Waals surface area contributed by atoms with Crippen LogP contribution in [0.2, 0.25) is 0 Å². The fourth-order valence-corrected chi connectivity index (χ4v) is 3.67. The molecule has 0 aromatic rings. The number of aliphatic hydroxyl groups is 1. The fraction of sp³-hybridized carbons (Fsp3) is 0.955. The highest BCUT2D eigenvalue weighted by Gasteiger charge is 2.90. The normalized spacial score (nSPS) is 16.0. The van der Waals surface area contributed by atoms with Gasteiger partial charge in [-0.1, -0.05) is 71.1 Å². The van der Waals surface area contributed by atoms with E-state index in [0.717, 1.165) is 44.9 Å². The van der Waals surface area contributed by atoms with Gasteiger partial charge in [-0.25, -0.2) is 0 Å². The number of unbranched alkanes of at least 4 members (excludes halogenated alkanes) is 9. The summed E-state index contributed by atoms with van der Waals surface area (Å²) in [4.78, 5) is 11.3. The van der Waals surface area contributed by atoms with Gasteiger partial charge in [0.1, 0.15) is 0 Å². The summed E-state index contributed by atoms with van der Waals surface area (Å²) in [5.41, 5.74) is 0. The van der Waals surface area contributed by atoms with E-state index < -0.39 is 66.6 Å². The van der Waals surface area contributed by atoms with Crippen molar-refractivity contribution in [1.82, 2.24) is 0 Å². The third kappa shape index (κ3) is 8.26. The summed E-state index contributed by atoms with van der Waals surface area (Å²) >= 11 is 0. The Balaban J connectivity index is 5.32. The monoisotopic (exact) mass is 590 g/mol. The molecular weight excluding hydrogens is 559 g/mol. The second kappa shape index (κ2) is 13.7. The number of hydrogen-bond donors (Lipinski definition) is 2. The van der Waals surface area contributed by atoms with E-state index >= 15 is 0 Å². The Hall–Kier alpha value is -1.48. The van der Waals surface area contributed by atoms with Crippen molar-refractivity contribution < 1.29 is 72.1 Å². The highest BCUT2D eigenvalue weighted by Crippen LogP contribution is 2.60. The topological polar surface area (TPSA) is 57.5 Å². The van der Waals surface area contributed by atoms with Crippen molar-refractivity contribution >= 4 is 5.97 Å². The smallest absolute Gasteiger partial charge is 0.460 e. The Bertz CT molecular complexity index is 724. The molecule has 0 saturated carbocycles. The molecule has 228 valence electrons. The lowest BCUT2D eigenvalue weighted by Crippen LogP contribution is -2.70. The summed E-state index contributed by atoms with van der Waals surface area (Å²) in [7, 11) is 0. The largest absolute Gasteiger partial charge is 0.481 e. The number of aliphatic carboxylic acids is 1. The van der Waals surface area contributed by atoms with Crippen LogP contribution in [0.5, 0.6) is 0 Å². The predicted molar refractivity (Wildman–Crippen MR) is 109 cm³/mol. The molecule has 16 heteroatoms. The number of carboxylic acid groups (broad SMARTS) is 1. The number of carboxylic acids is 1. The highest BCUT2D eigenvalue weighted by atomic mass is 19.4. The van der Waals surface area contributed by atoms with Crippen LogP contribution in [0.15, 0.2) is 0 Å². The minimum atomic E-state index is -8.04. The molecule has 0 fully saturated rings. The molecule has 3 nitrogen and oxygen atoms in total. The Morgan fingerprint density at radius 3 is 1.34 bits per heavy atom. The van der Waals surface area contributed by atoms with Gasteiger partial charge in [0.25, 0.3) is 0 Å². The molecule has 0 rings (SSSR count). The lowest BCUT2D eigenvalue weighted by molar-refractivity contribution is -0.440. The maximum Gasteiger partial charge on any atom is 0.460 e. The second-order valence-corrected chi connectivity index (χ2v) is 9.19. The molecule has 0 aliphatic carbocycles. The van der Waals surface area contributed by atoms with Crippen LogP contribution in [-0.4, -0.2) is 58.1 Å². The number of hydrogen-bond acceptors (Lipinski definition) is 2. The Morgan fingerprint density at radius 1 is 0.605 bits per heavy atom. The summed E-state index contributed by atoms with van der Waals surface area (Å²) in [5.74, 6) is -42.2. The van der Waals surface area contributed by atoms with Crippen LogP contribution in [0, 0.1) is 5.92 Å². The molecule has 2 atom stereocenters. The minimum Gasteiger partial charge on any atom is -0.481 e. The third-order valence-corrected chi connectivity index (χ3v) is 6.11. The summed E-state index contributed by atoms with van der Waals surface area (Å²) in [6.45, 7) is 2.04. The van der Waals surface area contributed by atoms with Crippen molar-refractivity contribution in [2.24, 2.45) is 5.92 Å². The Kier molecular flexibility index (Phi) is 13.2.